The standard InChI is InChI=1S/C16H9BrFNOS2/c17-12-3-1-2-4-13(12)19-15(21)14(22-16(19)20)9-10-5-7-11(18)8-6-10/h1-9H/b14-9+. The number of hydrogen-bond donors (Lipinski definition) is 0. The number of carbonyl (C=O) groups is 1. The molecule has 0 atom stereocenters. The second-order valence-electron chi connectivity index (χ2n) is 4.52. The SMILES string of the molecule is O=C1S/C(=C/c2ccc(F)cc2)C(=S)N1c1ccccc1Br. The predicted molar refractivity (Wildman–Crippen MR) is 96.6 cm³/mol. The Morgan fingerprint density at radius 1 is 1.14 bits per heavy atom. The van der Waals surface area contributed by atoms with Gasteiger partial charge in [0.05, 0.1) is 10.6 Å². The summed E-state index contributed by atoms with van der Waals surface area (Å²) in [5.74, 6) is -0.297. The number of rotatable bonds is 2. The van der Waals surface area contributed by atoms with Crippen molar-refractivity contribution in [1.29, 1.82) is 0 Å². The number of hydrogen-bond acceptors (Lipinski definition) is 3. The van der Waals surface area contributed by atoms with Gasteiger partial charge in [-0.05, 0) is 63.6 Å². The lowest BCUT2D eigenvalue weighted by Gasteiger charge is -2.16. The molecule has 6 heteroatoms. The van der Waals surface area contributed by atoms with Crippen LogP contribution in [0.5, 0.6) is 0 Å². The molecule has 1 fully saturated rings. The number of benzene rings is 2. The minimum atomic E-state index is -0.297. The third-order valence-corrected chi connectivity index (χ3v) is 5.15. The van der Waals surface area contributed by atoms with E-state index in [9.17, 15) is 9.18 Å². The fourth-order valence-corrected chi connectivity index (χ4v) is 3.75. The summed E-state index contributed by atoms with van der Waals surface area (Å²) >= 11 is 9.94. The maximum Gasteiger partial charge on any atom is 0.296 e. The van der Waals surface area contributed by atoms with Crippen molar-refractivity contribution in [2.45, 2.75) is 0 Å². The van der Waals surface area contributed by atoms with E-state index in [2.05, 4.69) is 15.9 Å². The smallest absolute Gasteiger partial charge is 0.260 e. The Balaban J connectivity index is 1.95. The van der Waals surface area contributed by atoms with Gasteiger partial charge in [0.25, 0.3) is 5.24 Å². The molecular formula is C16H9BrFNOS2. The first-order valence-corrected chi connectivity index (χ1v) is 8.36. The highest BCUT2D eigenvalue weighted by atomic mass is 79.9. The third-order valence-electron chi connectivity index (χ3n) is 3.05. The Hall–Kier alpha value is -1.50. The van der Waals surface area contributed by atoms with E-state index in [0.29, 0.717) is 15.6 Å². The number of thioether (sulfide) groups is 1. The van der Waals surface area contributed by atoms with Crippen molar-refractivity contribution in [3.05, 3.63) is 69.3 Å². The molecule has 1 aliphatic heterocycles. The van der Waals surface area contributed by atoms with Crippen molar-refractivity contribution in [2.24, 2.45) is 0 Å². The Labute approximate surface area is 145 Å². The summed E-state index contributed by atoms with van der Waals surface area (Å²) in [6, 6.07) is 13.5. The van der Waals surface area contributed by atoms with Gasteiger partial charge in [-0.15, -0.1) is 0 Å². The van der Waals surface area contributed by atoms with Crippen LogP contribution in [-0.4, -0.2) is 10.2 Å². The second-order valence-corrected chi connectivity index (χ2v) is 6.75. The van der Waals surface area contributed by atoms with Crippen LogP contribution in [0.2, 0.25) is 0 Å². The monoisotopic (exact) mass is 393 g/mol. The average Bonchev–Trinajstić information content (AvgIpc) is 2.77. The molecule has 1 aliphatic rings. The summed E-state index contributed by atoms with van der Waals surface area (Å²) < 4.78 is 13.7. The predicted octanol–water partition coefficient (Wildman–Crippen LogP) is 5.63. The molecular weight excluding hydrogens is 385 g/mol. The second kappa shape index (κ2) is 6.32. The van der Waals surface area contributed by atoms with Crippen LogP contribution in [0.1, 0.15) is 5.56 Å². The molecule has 110 valence electrons. The van der Waals surface area contributed by atoms with Gasteiger partial charge < -0.3 is 0 Å². The molecule has 0 aliphatic carbocycles. The molecule has 0 spiro atoms. The minimum Gasteiger partial charge on any atom is -0.260 e. The first-order valence-electron chi connectivity index (χ1n) is 6.34. The summed E-state index contributed by atoms with van der Waals surface area (Å²) in [5, 5.41) is -0.148. The van der Waals surface area contributed by atoms with E-state index in [-0.39, 0.29) is 11.1 Å². The fourth-order valence-electron chi connectivity index (χ4n) is 2.02. The van der Waals surface area contributed by atoms with Gasteiger partial charge in [-0.25, -0.2) is 4.39 Å². The van der Waals surface area contributed by atoms with Gasteiger partial charge in [0, 0.05) is 4.47 Å². The van der Waals surface area contributed by atoms with E-state index in [1.807, 2.05) is 24.3 Å². The number of thiocarbonyl (C=S) groups is 1. The molecule has 2 aromatic rings. The third kappa shape index (κ3) is 2.99. The van der Waals surface area contributed by atoms with Crippen LogP contribution in [0, 0.1) is 5.82 Å². The molecule has 22 heavy (non-hydrogen) atoms. The van der Waals surface area contributed by atoms with Crippen LogP contribution < -0.4 is 4.90 Å². The summed E-state index contributed by atoms with van der Waals surface area (Å²) in [6.45, 7) is 0. The Morgan fingerprint density at radius 2 is 1.82 bits per heavy atom. The van der Waals surface area contributed by atoms with Gasteiger partial charge in [-0.3, -0.25) is 9.69 Å². The molecule has 0 saturated carbocycles. The number of para-hydroxylation sites is 1. The highest BCUT2D eigenvalue weighted by Crippen LogP contribution is 2.39. The van der Waals surface area contributed by atoms with Gasteiger partial charge >= 0.3 is 0 Å². The van der Waals surface area contributed by atoms with E-state index in [0.717, 1.165) is 21.8 Å². The summed E-state index contributed by atoms with van der Waals surface area (Å²) in [4.78, 5) is 14.9. The van der Waals surface area contributed by atoms with Crippen LogP contribution in [-0.2, 0) is 0 Å². The lowest BCUT2D eigenvalue weighted by Crippen LogP contribution is -2.26. The molecule has 2 nitrogen and oxygen atoms in total. The molecule has 0 aromatic heterocycles. The molecule has 1 amide bonds. The van der Waals surface area contributed by atoms with Crippen molar-refractivity contribution in [3.63, 3.8) is 0 Å². The number of nitrogens with zero attached hydrogens (tertiary/aromatic N) is 1. The van der Waals surface area contributed by atoms with Crippen LogP contribution in [0.4, 0.5) is 14.9 Å². The van der Waals surface area contributed by atoms with E-state index in [4.69, 9.17) is 12.2 Å². The first kappa shape index (κ1) is 15.4. The van der Waals surface area contributed by atoms with Crippen LogP contribution in [0.25, 0.3) is 6.08 Å². The van der Waals surface area contributed by atoms with Gasteiger partial charge in [0.15, 0.2) is 0 Å². The normalized spacial score (nSPS) is 16.6. The molecule has 0 bridgehead atoms. The summed E-state index contributed by atoms with van der Waals surface area (Å²) in [5.41, 5.74) is 1.51. The highest BCUT2D eigenvalue weighted by Gasteiger charge is 2.33. The maximum atomic E-state index is 12.9. The zero-order chi connectivity index (χ0) is 15.7. The van der Waals surface area contributed by atoms with E-state index >= 15 is 0 Å². The summed E-state index contributed by atoms with van der Waals surface area (Å²) in [7, 11) is 0. The van der Waals surface area contributed by atoms with Crippen molar-refractivity contribution < 1.29 is 9.18 Å². The van der Waals surface area contributed by atoms with Crippen molar-refractivity contribution in [2.75, 3.05) is 4.90 Å². The fraction of sp³-hybridized carbons (Fsp3) is 0. The van der Waals surface area contributed by atoms with E-state index < -0.39 is 0 Å². The Kier molecular flexibility index (Phi) is 4.42. The molecule has 0 N–H and O–H groups in total. The lowest BCUT2D eigenvalue weighted by molar-refractivity contribution is 0.268. The number of anilines is 1. The largest absolute Gasteiger partial charge is 0.296 e. The quantitative estimate of drug-likeness (QED) is 0.486. The molecule has 0 unspecified atom stereocenters. The van der Waals surface area contributed by atoms with Gasteiger partial charge in [0.2, 0.25) is 0 Å². The zero-order valence-corrected chi connectivity index (χ0v) is 14.3. The van der Waals surface area contributed by atoms with Gasteiger partial charge in [0.1, 0.15) is 10.8 Å². The maximum absolute atomic E-state index is 12.9. The van der Waals surface area contributed by atoms with Crippen molar-refractivity contribution in [3.8, 4) is 0 Å². The Bertz CT molecular complexity index is 789. The van der Waals surface area contributed by atoms with Crippen LogP contribution >= 0.6 is 39.9 Å². The number of halogens is 2. The van der Waals surface area contributed by atoms with Crippen LogP contribution in [0.15, 0.2) is 57.9 Å². The highest BCUT2D eigenvalue weighted by molar-refractivity contribution is 9.10. The summed E-state index contributed by atoms with van der Waals surface area (Å²) in [6.07, 6.45) is 1.79. The molecule has 1 heterocycles. The minimum absolute atomic E-state index is 0.148. The topological polar surface area (TPSA) is 20.3 Å². The van der Waals surface area contributed by atoms with Crippen molar-refractivity contribution in [1.82, 2.24) is 0 Å². The van der Waals surface area contributed by atoms with Gasteiger partial charge in [-0.1, -0.05) is 36.5 Å². The van der Waals surface area contributed by atoms with E-state index in [1.165, 1.54) is 17.0 Å². The number of amides is 1. The first-order chi connectivity index (χ1) is 10.6. The Morgan fingerprint density at radius 3 is 2.50 bits per heavy atom. The number of carbonyl (C=O) groups excluding carboxylic acids is 1. The molecule has 1 saturated heterocycles. The van der Waals surface area contributed by atoms with Gasteiger partial charge in [-0.2, -0.15) is 0 Å². The average molecular weight is 394 g/mol. The molecule has 3 rings (SSSR count). The van der Waals surface area contributed by atoms with Crippen molar-refractivity contribution >= 4 is 61.9 Å². The van der Waals surface area contributed by atoms with E-state index in [1.54, 1.807) is 18.2 Å². The zero-order valence-electron chi connectivity index (χ0n) is 11.1. The molecule has 0 radical (unpaired) electrons. The lowest BCUT2D eigenvalue weighted by atomic mass is 10.2. The molecule has 2 aromatic carbocycles. The van der Waals surface area contributed by atoms with Crippen LogP contribution in [0.3, 0.4) is 0 Å².